The molecule has 0 bridgehead atoms. The van der Waals surface area contributed by atoms with E-state index >= 15 is 0 Å². The zero-order valence-electron chi connectivity index (χ0n) is 14.7. The van der Waals surface area contributed by atoms with Gasteiger partial charge in [0.05, 0.1) is 23.7 Å². The fourth-order valence-corrected chi connectivity index (χ4v) is 3.52. The number of benzene rings is 1. The van der Waals surface area contributed by atoms with Crippen LogP contribution < -0.4 is 10.1 Å². The Morgan fingerprint density at radius 3 is 2.74 bits per heavy atom. The van der Waals surface area contributed by atoms with Gasteiger partial charge in [-0.1, -0.05) is 29.3 Å². The second-order valence-corrected chi connectivity index (χ2v) is 6.67. The third-order valence-corrected chi connectivity index (χ3v) is 4.90. The van der Waals surface area contributed by atoms with Gasteiger partial charge in [0.25, 0.3) is 0 Å². The molecule has 138 valence electrons. The lowest BCUT2D eigenvalue weighted by molar-refractivity contribution is 0.415. The van der Waals surface area contributed by atoms with Crippen molar-refractivity contribution in [2.45, 2.75) is 20.0 Å². The van der Waals surface area contributed by atoms with Crippen LogP contribution in [-0.4, -0.2) is 32.1 Å². The molecule has 3 aromatic heterocycles. The number of aromatic nitrogens is 5. The maximum Gasteiger partial charge on any atom is 0.160 e. The zero-order chi connectivity index (χ0) is 19.0. The summed E-state index contributed by atoms with van der Waals surface area (Å²) in [5.41, 5.74) is 1.76. The molecule has 4 aromatic rings. The molecule has 0 atom stereocenters. The minimum absolute atomic E-state index is 0.325. The molecule has 9 heteroatoms. The van der Waals surface area contributed by atoms with Crippen molar-refractivity contribution >= 4 is 50.8 Å². The van der Waals surface area contributed by atoms with Crippen LogP contribution in [0.4, 0.5) is 5.82 Å². The third kappa shape index (κ3) is 3.13. The number of ether oxygens (including phenoxy) is 1. The SMILES string of the molecule is CCn1ncc2c3c(Cl)nnc(NCc4ccc(OC)c(Cl)c4)c3cnc21. The molecule has 3 heterocycles. The molecule has 1 aromatic carbocycles. The van der Waals surface area contributed by atoms with E-state index in [2.05, 4.69) is 25.6 Å². The van der Waals surface area contributed by atoms with Crippen LogP contribution in [0.25, 0.3) is 21.8 Å². The molecule has 0 amide bonds. The highest BCUT2D eigenvalue weighted by Gasteiger charge is 2.15. The number of methoxy groups -OCH3 is 1. The number of anilines is 1. The minimum Gasteiger partial charge on any atom is -0.495 e. The van der Waals surface area contributed by atoms with Gasteiger partial charge in [0.2, 0.25) is 0 Å². The van der Waals surface area contributed by atoms with Gasteiger partial charge in [0, 0.05) is 30.1 Å². The van der Waals surface area contributed by atoms with Crippen LogP contribution in [-0.2, 0) is 13.1 Å². The Hall–Kier alpha value is -2.64. The number of nitrogens with zero attached hydrogens (tertiary/aromatic N) is 5. The first-order chi connectivity index (χ1) is 13.1. The number of hydrogen-bond donors (Lipinski definition) is 1. The van der Waals surface area contributed by atoms with Crippen molar-refractivity contribution in [1.29, 1.82) is 0 Å². The van der Waals surface area contributed by atoms with Gasteiger partial charge in [0.1, 0.15) is 5.75 Å². The van der Waals surface area contributed by atoms with E-state index in [1.807, 2.05) is 29.8 Å². The van der Waals surface area contributed by atoms with Gasteiger partial charge in [-0.25, -0.2) is 9.67 Å². The molecule has 1 N–H and O–H groups in total. The predicted octanol–water partition coefficient (Wildman–Crippen LogP) is 4.32. The van der Waals surface area contributed by atoms with Crippen molar-refractivity contribution in [3.05, 3.63) is 46.3 Å². The van der Waals surface area contributed by atoms with Crippen molar-refractivity contribution in [3.8, 4) is 5.75 Å². The van der Waals surface area contributed by atoms with Gasteiger partial charge in [-0.3, -0.25) is 0 Å². The molecule has 0 aliphatic heterocycles. The van der Waals surface area contributed by atoms with Crippen LogP contribution in [0.3, 0.4) is 0 Å². The predicted molar refractivity (Wildman–Crippen MR) is 107 cm³/mol. The molecule has 0 fully saturated rings. The van der Waals surface area contributed by atoms with Gasteiger partial charge < -0.3 is 10.1 Å². The summed E-state index contributed by atoms with van der Waals surface area (Å²) in [6.07, 6.45) is 3.50. The van der Waals surface area contributed by atoms with Crippen LogP contribution in [0.5, 0.6) is 5.75 Å². The Morgan fingerprint density at radius 1 is 1.15 bits per heavy atom. The second kappa shape index (κ2) is 7.17. The van der Waals surface area contributed by atoms with Crippen molar-refractivity contribution in [1.82, 2.24) is 25.0 Å². The summed E-state index contributed by atoms with van der Waals surface area (Å²) in [7, 11) is 1.59. The van der Waals surface area contributed by atoms with Crippen molar-refractivity contribution in [3.63, 3.8) is 0 Å². The molecule has 0 saturated heterocycles. The lowest BCUT2D eigenvalue weighted by Gasteiger charge is -2.10. The summed E-state index contributed by atoms with van der Waals surface area (Å²) in [4.78, 5) is 4.53. The first-order valence-electron chi connectivity index (χ1n) is 8.35. The summed E-state index contributed by atoms with van der Waals surface area (Å²) in [5, 5.41) is 19.2. The quantitative estimate of drug-likeness (QED) is 0.535. The molecule has 7 nitrogen and oxygen atoms in total. The van der Waals surface area contributed by atoms with Gasteiger partial charge in [-0.05, 0) is 24.6 Å². The Kier molecular flexibility index (Phi) is 4.72. The standard InChI is InChI=1S/C18H16Cl2N6O/c1-3-26-18-12(9-23-26)15-11(8-22-18)17(25-24-16(15)20)21-7-10-4-5-14(27-2)13(19)6-10/h4-6,8-9H,3,7H2,1-2H3,(H,21,25). The smallest absolute Gasteiger partial charge is 0.160 e. The second-order valence-electron chi connectivity index (χ2n) is 5.91. The summed E-state index contributed by atoms with van der Waals surface area (Å²) >= 11 is 12.5. The monoisotopic (exact) mass is 402 g/mol. The van der Waals surface area contributed by atoms with Crippen molar-refractivity contribution < 1.29 is 4.74 Å². The minimum atomic E-state index is 0.325. The van der Waals surface area contributed by atoms with Crippen LogP contribution in [0.2, 0.25) is 10.2 Å². The van der Waals surface area contributed by atoms with Gasteiger partial charge in [0.15, 0.2) is 16.6 Å². The maximum atomic E-state index is 6.33. The average molecular weight is 403 g/mol. The van der Waals surface area contributed by atoms with E-state index in [-0.39, 0.29) is 0 Å². The topological polar surface area (TPSA) is 77.8 Å². The highest BCUT2D eigenvalue weighted by molar-refractivity contribution is 6.36. The molecular formula is C18H16Cl2N6O. The number of aryl methyl sites for hydroxylation is 1. The molecule has 0 aliphatic carbocycles. The summed E-state index contributed by atoms with van der Waals surface area (Å²) in [5.74, 6) is 1.23. The van der Waals surface area contributed by atoms with E-state index in [1.54, 1.807) is 19.5 Å². The van der Waals surface area contributed by atoms with Gasteiger partial charge >= 0.3 is 0 Å². The van der Waals surface area contributed by atoms with Crippen LogP contribution in [0, 0.1) is 0 Å². The Bertz CT molecular complexity index is 1140. The number of rotatable bonds is 5. The molecule has 0 radical (unpaired) electrons. The number of pyridine rings is 1. The van der Waals surface area contributed by atoms with E-state index in [0.717, 1.165) is 33.9 Å². The molecule has 0 unspecified atom stereocenters. The van der Waals surface area contributed by atoms with Crippen molar-refractivity contribution in [2.24, 2.45) is 0 Å². The van der Waals surface area contributed by atoms with Gasteiger partial charge in [-0.15, -0.1) is 10.2 Å². The summed E-state index contributed by atoms with van der Waals surface area (Å²) in [6.45, 7) is 3.25. The van der Waals surface area contributed by atoms with E-state index < -0.39 is 0 Å². The fraction of sp³-hybridized carbons (Fsp3) is 0.222. The Labute approximate surface area is 165 Å². The molecule has 0 saturated carbocycles. The van der Waals surface area contributed by atoms with Crippen LogP contribution in [0.1, 0.15) is 12.5 Å². The van der Waals surface area contributed by atoms with E-state index in [0.29, 0.717) is 28.3 Å². The number of nitrogens with one attached hydrogen (secondary N) is 1. The lowest BCUT2D eigenvalue weighted by Crippen LogP contribution is -2.04. The van der Waals surface area contributed by atoms with Crippen molar-refractivity contribution in [2.75, 3.05) is 12.4 Å². The third-order valence-electron chi connectivity index (χ3n) is 4.34. The number of fused-ring (bicyclic) bond motifs is 3. The summed E-state index contributed by atoms with van der Waals surface area (Å²) in [6, 6.07) is 5.61. The first-order valence-corrected chi connectivity index (χ1v) is 9.10. The average Bonchev–Trinajstić information content (AvgIpc) is 3.10. The zero-order valence-corrected chi connectivity index (χ0v) is 16.2. The maximum absolute atomic E-state index is 6.33. The fourth-order valence-electron chi connectivity index (χ4n) is 2.99. The Balaban J connectivity index is 1.72. The Morgan fingerprint density at radius 2 is 2.00 bits per heavy atom. The molecule has 0 spiro atoms. The highest BCUT2D eigenvalue weighted by Crippen LogP contribution is 2.32. The first kappa shape index (κ1) is 17.8. The largest absolute Gasteiger partial charge is 0.495 e. The molecule has 27 heavy (non-hydrogen) atoms. The number of hydrogen-bond acceptors (Lipinski definition) is 6. The van der Waals surface area contributed by atoms with E-state index in [9.17, 15) is 0 Å². The van der Waals surface area contributed by atoms with Crippen LogP contribution >= 0.6 is 23.2 Å². The van der Waals surface area contributed by atoms with Crippen LogP contribution in [0.15, 0.2) is 30.6 Å². The lowest BCUT2D eigenvalue weighted by atomic mass is 10.1. The molecule has 0 aliphatic rings. The highest BCUT2D eigenvalue weighted by atomic mass is 35.5. The van der Waals surface area contributed by atoms with E-state index in [4.69, 9.17) is 27.9 Å². The normalized spacial score (nSPS) is 11.3. The molecular weight excluding hydrogens is 387 g/mol. The van der Waals surface area contributed by atoms with Gasteiger partial charge in [-0.2, -0.15) is 5.10 Å². The number of halogens is 2. The molecule has 4 rings (SSSR count). The summed E-state index contributed by atoms with van der Waals surface area (Å²) < 4.78 is 7.00. The van der Waals surface area contributed by atoms with E-state index in [1.165, 1.54) is 0 Å².